The molecule has 1 heterocycles. The molecule has 4 heteroatoms. The number of pyridine rings is 1. The monoisotopic (exact) mass is 333 g/mol. The van der Waals surface area contributed by atoms with Crippen LogP contribution in [0.3, 0.4) is 0 Å². The number of rotatable bonds is 5. The van der Waals surface area contributed by atoms with Crippen molar-refractivity contribution in [2.24, 2.45) is 0 Å². The summed E-state index contributed by atoms with van der Waals surface area (Å²) in [6, 6.07) is 19.8. The standard InChI is InChI=1S/C21H19NO3/c1-15-11-18(13-22-20(15)21(23)24-2)17-9-6-10-19(12-17)25-14-16-7-4-3-5-8-16/h3-13H,14H2,1-2H3. The van der Waals surface area contributed by atoms with Crippen molar-refractivity contribution in [3.8, 4) is 16.9 Å². The summed E-state index contributed by atoms with van der Waals surface area (Å²) in [6.07, 6.45) is 1.68. The zero-order chi connectivity index (χ0) is 17.6. The number of benzene rings is 2. The van der Waals surface area contributed by atoms with E-state index in [9.17, 15) is 4.79 Å². The third kappa shape index (κ3) is 4.04. The molecule has 0 radical (unpaired) electrons. The Labute approximate surface area is 147 Å². The first-order valence-electron chi connectivity index (χ1n) is 7.99. The molecule has 0 unspecified atom stereocenters. The summed E-state index contributed by atoms with van der Waals surface area (Å²) in [4.78, 5) is 15.9. The van der Waals surface area contributed by atoms with Gasteiger partial charge < -0.3 is 9.47 Å². The van der Waals surface area contributed by atoms with Gasteiger partial charge in [-0.05, 0) is 41.8 Å². The third-order valence-corrected chi connectivity index (χ3v) is 3.87. The van der Waals surface area contributed by atoms with E-state index in [1.807, 2.05) is 67.6 Å². The van der Waals surface area contributed by atoms with E-state index in [4.69, 9.17) is 9.47 Å². The first kappa shape index (κ1) is 16.7. The maximum absolute atomic E-state index is 11.7. The molecule has 0 bridgehead atoms. The minimum Gasteiger partial charge on any atom is -0.489 e. The average molecular weight is 333 g/mol. The van der Waals surface area contributed by atoms with Crippen LogP contribution in [0, 0.1) is 6.92 Å². The van der Waals surface area contributed by atoms with Gasteiger partial charge in [-0.25, -0.2) is 9.78 Å². The summed E-state index contributed by atoms with van der Waals surface area (Å²) < 4.78 is 10.6. The lowest BCUT2D eigenvalue weighted by Gasteiger charge is -2.10. The summed E-state index contributed by atoms with van der Waals surface area (Å²) in [7, 11) is 1.35. The molecule has 2 aromatic carbocycles. The van der Waals surface area contributed by atoms with Crippen LogP contribution in [0.25, 0.3) is 11.1 Å². The minimum atomic E-state index is -0.427. The van der Waals surface area contributed by atoms with Crippen molar-refractivity contribution in [2.45, 2.75) is 13.5 Å². The molecule has 25 heavy (non-hydrogen) atoms. The lowest BCUT2D eigenvalue weighted by molar-refractivity contribution is 0.0593. The second-order valence-corrected chi connectivity index (χ2v) is 5.68. The number of ether oxygens (including phenoxy) is 2. The molecule has 0 saturated carbocycles. The molecule has 0 aliphatic heterocycles. The molecule has 0 N–H and O–H groups in total. The van der Waals surface area contributed by atoms with Crippen LogP contribution in [-0.2, 0) is 11.3 Å². The summed E-state index contributed by atoms with van der Waals surface area (Å²) in [6.45, 7) is 2.36. The lowest BCUT2D eigenvalue weighted by atomic mass is 10.0. The predicted octanol–water partition coefficient (Wildman–Crippen LogP) is 4.42. The van der Waals surface area contributed by atoms with Gasteiger partial charge in [0.2, 0.25) is 0 Å². The van der Waals surface area contributed by atoms with Crippen molar-refractivity contribution < 1.29 is 14.3 Å². The summed E-state index contributed by atoms with van der Waals surface area (Å²) in [5.41, 5.74) is 4.14. The topological polar surface area (TPSA) is 48.4 Å². The maximum Gasteiger partial charge on any atom is 0.356 e. The Bertz CT molecular complexity index is 875. The molecule has 3 aromatic rings. The van der Waals surface area contributed by atoms with E-state index in [-0.39, 0.29) is 0 Å². The van der Waals surface area contributed by atoms with Crippen LogP contribution in [0.15, 0.2) is 66.9 Å². The maximum atomic E-state index is 11.7. The second-order valence-electron chi connectivity index (χ2n) is 5.68. The number of carbonyl (C=O) groups excluding carboxylic acids is 1. The number of nitrogens with zero attached hydrogens (tertiary/aromatic N) is 1. The summed E-state index contributed by atoms with van der Waals surface area (Å²) in [5, 5.41) is 0. The van der Waals surface area contributed by atoms with Crippen LogP contribution in [0.2, 0.25) is 0 Å². The molecule has 0 aliphatic carbocycles. The van der Waals surface area contributed by atoms with Gasteiger partial charge in [0, 0.05) is 11.8 Å². The van der Waals surface area contributed by atoms with Gasteiger partial charge in [-0.3, -0.25) is 0 Å². The fourth-order valence-electron chi connectivity index (χ4n) is 2.55. The van der Waals surface area contributed by atoms with Crippen molar-refractivity contribution >= 4 is 5.97 Å². The van der Waals surface area contributed by atoms with Gasteiger partial charge in [-0.2, -0.15) is 0 Å². The van der Waals surface area contributed by atoms with E-state index in [1.54, 1.807) is 6.20 Å². The van der Waals surface area contributed by atoms with E-state index in [2.05, 4.69) is 4.98 Å². The molecule has 3 rings (SSSR count). The zero-order valence-corrected chi connectivity index (χ0v) is 14.2. The Morgan fingerprint density at radius 3 is 2.52 bits per heavy atom. The molecule has 0 saturated heterocycles. The number of methoxy groups -OCH3 is 1. The zero-order valence-electron chi connectivity index (χ0n) is 14.2. The van der Waals surface area contributed by atoms with Crippen LogP contribution < -0.4 is 4.74 Å². The van der Waals surface area contributed by atoms with Gasteiger partial charge in [-0.15, -0.1) is 0 Å². The first-order chi connectivity index (χ1) is 12.2. The SMILES string of the molecule is COC(=O)c1ncc(-c2cccc(OCc3ccccc3)c2)cc1C. The predicted molar refractivity (Wildman–Crippen MR) is 96.5 cm³/mol. The highest BCUT2D eigenvalue weighted by molar-refractivity contribution is 5.89. The van der Waals surface area contributed by atoms with Crippen molar-refractivity contribution in [2.75, 3.05) is 7.11 Å². The molecule has 126 valence electrons. The fraction of sp³-hybridized carbons (Fsp3) is 0.143. The second kappa shape index (κ2) is 7.62. The quantitative estimate of drug-likeness (QED) is 0.648. The highest BCUT2D eigenvalue weighted by Crippen LogP contribution is 2.25. The van der Waals surface area contributed by atoms with Crippen molar-refractivity contribution in [1.82, 2.24) is 4.98 Å². The van der Waals surface area contributed by atoms with Crippen LogP contribution in [0.1, 0.15) is 21.6 Å². The number of carbonyl (C=O) groups is 1. The van der Waals surface area contributed by atoms with E-state index >= 15 is 0 Å². The molecule has 4 nitrogen and oxygen atoms in total. The van der Waals surface area contributed by atoms with Crippen LogP contribution in [-0.4, -0.2) is 18.1 Å². The van der Waals surface area contributed by atoms with E-state index in [0.29, 0.717) is 12.3 Å². The minimum absolute atomic E-state index is 0.336. The number of aromatic nitrogens is 1. The Balaban J connectivity index is 1.79. The van der Waals surface area contributed by atoms with Crippen LogP contribution in [0.4, 0.5) is 0 Å². The smallest absolute Gasteiger partial charge is 0.356 e. The average Bonchev–Trinajstić information content (AvgIpc) is 2.67. The molecule has 0 amide bonds. The Kier molecular flexibility index (Phi) is 5.09. The van der Waals surface area contributed by atoms with Gasteiger partial charge in [0.15, 0.2) is 5.69 Å². The first-order valence-corrected chi connectivity index (χ1v) is 7.99. The highest BCUT2D eigenvalue weighted by atomic mass is 16.5. The van der Waals surface area contributed by atoms with Gasteiger partial charge in [0.1, 0.15) is 12.4 Å². The molecular weight excluding hydrogens is 314 g/mol. The Hall–Kier alpha value is -3.14. The number of hydrogen-bond donors (Lipinski definition) is 0. The van der Waals surface area contributed by atoms with E-state index in [1.165, 1.54) is 7.11 Å². The van der Waals surface area contributed by atoms with Crippen molar-refractivity contribution in [1.29, 1.82) is 0 Å². The van der Waals surface area contributed by atoms with Crippen molar-refractivity contribution in [3.05, 3.63) is 83.7 Å². The third-order valence-electron chi connectivity index (χ3n) is 3.87. The summed E-state index contributed by atoms with van der Waals surface area (Å²) >= 11 is 0. The number of aryl methyl sites for hydroxylation is 1. The van der Waals surface area contributed by atoms with Gasteiger partial charge in [-0.1, -0.05) is 42.5 Å². The molecule has 1 aromatic heterocycles. The largest absolute Gasteiger partial charge is 0.489 e. The van der Waals surface area contributed by atoms with Crippen LogP contribution >= 0.6 is 0 Å². The molecular formula is C21H19NO3. The number of esters is 1. The number of hydrogen-bond acceptors (Lipinski definition) is 4. The van der Waals surface area contributed by atoms with Gasteiger partial charge in [0.05, 0.1) is 7.11 Å². The van der Waals surface area contributed by atoms with Crippen LogP contribution in [0.5, 0.6) is 5.75 Å². The van der Waals surface area contributed by atoms with E-state index in [0.717, 1.165) is 28.0 Å². The Morgan fingerprint density at radius 1 is 1.00 bits per heavy atom. The van der Waals surface area contributed by atoms with Crippen molar-refractivity contribution in [3.63, 3.8) is 0 Å². The van der Waals surface area contributed by atoms with Gasteiger partial charge >= 0.3 is 5.97 Å². The van der Waals surface area contributed by atoms with Gasteiger partial charge in [0.25, 0.3) is 0 Å². The molecule has 0 aliphatic rings. The Morgan fingerprint density at radius 2 is 1.80 bits per heavy atom. The molecule has 0 spiro atoms. The summed E-state index contributed by atoms with van der Waals surface area (Å²) in [5.74, 6) is 0.361. The molecule has 0 atom stereocenters. The van der Waals surface area contributed by atoms with E-state index < -0.39 is 5.97 Å². The lowest BCUT2D eigenvalue weighted by Crippen LogP contribution is -2.06. The molecule has 0 fully saturated rings. The normalized spacial score (nSPS) is 10.3. The highest BCUT2D eigenvalue weighted by Gasteiger charge is 2.12. The fourth-order valence-corrected chi connectivity index (χ4v) is 2.55.